The van der Waals surface area contributed by atoms with Crippen molar-refractivity contribution in [1.29, 1.82) is 0 Å². The number of aromatic amines is 1. The summed E-state index contributed by atoms with van der Waals surface area (Å²) in [7, 11) is 0. The quantitative estimate of drug-likeness (QED) is 0.609. The summed E-state index contributed by atoms with van der Waals surface area (Å²) in [6.45, 7) is 2.02. The maximum atomic E-state index is 10.8. The van der Waals surface area contributed by atoms with Crippen LogP contribution in [0.4, 0.5) is 0 Å². The van der Waals surface area contributed by atoms with Crippen LogP contribution < -0.4 is 5.32 Å². The molecule has 1 atom stereocenters. The minimum absolute atomic E-state index is 0.110. The average molecular weight is 197 g/mol. The first kappa shape index (κ1) is 9.17. The summed E-state index contributed by atoms with van der Waals surface area (Å²) in [5, 5.41) is 18.1. The Morgan fingerprint density at radius 3 is 3.21 bits per heavy atom. The molecule has 1 fully saturated rings. The molecule has 1 aromatic rings. The molecule has 3 N–H and O–H groups in total. The highest BCUT2D eigenvalue weighted by Crippen LogP contribution is 2.20. The normalized spacial score (nSPS) is 22.1. The van der Waals surface area contributed by atoms with Crippen molar-refractivity contribution < 1.29 is 14.6 Å². The third kappa shape index (κ3) is 1.61. The Morgan fingerprint density at radius 1 is 1.71 bits per heavy atom. The summed E-state index contributed by atoms with van der Waals surface area (Å²) in [5.41, 5.74) is 0.711. The van der Waals surface area contributed by atoms with Crippen molar-refractivity contribution >= 4 is 5.97 Å². The molecular weight excluding hydrogens is 186 g/mol. The average Bonchev–Trinajstić information content (AvgIpc) is 2.67. The maximum Gasteiger partial charge on any atom is 0.354 e. The molecule has 2 rings (SSSR count). The smallest absolute Gasteiger partial charge is 0.354 e. The zero-order valence-corrected chi connectivity index (χ0v) is 7.49. The molecule has 0 bridgehead atoms. The van der Waals surface area contributed by atoms with E-state index < -0.39 is 5.97 Å². The minimum Gasteiger partial charge on any atom is -0.477 e. The molecule has 1 saturated heterocycles. The van der Waals surface area contributed by atoms with Crippen LogP contribution in [-0.4, -0.2) is 41.0 Å². The van der Waals surface area contributed by atoms with Crippen LogP contribution in [0.5, 0.6) is 0 Å². The van der Waals surface area contributed by atoms with Gasteiger partial charge in [0.1, 0.15) is 5.69 Å². The van der Waals surface area contributed by atoms with Gasteiger partial charge in [-0.1, -0.05) is 0 Å². The van der Waals surface area contributed by atoms with Gasteiger partial charge in [0, 0.05) is 18.7 Å². The molecule has 1 unspecified atom stereocenters. The molecule has 14 heavy (non-hydrogen) atoms. The van der Waals surface area contributed by atoms with E-state index in [-0.39, 0.29) is 11.8 Å². The van der Waals surface area contributed by atoms with E-state index >= 15 is 0 Å². The molecule has 1 aliphatic rings. The number of rotatable bonds is 2. The standard InChI is InChI=1S/C8H11N3O3/c12-8(13)7-5(3-10-11-7)6-4-9-1-2-14-6/h3,6,9H,1-2,4H2,(H,10,11)(H,12,13). The van der Waals surface area contributed by atoms with Crippen molar-refractivity contribution in [2.24, 2.45) is 0 Å². The minimum atomic E-state index is -1.01. The molecule has 1 aromatic heterocycles. The number of nitrogens with one attached hydrogen (secondary N) is 2. The summed E-state index contributed by atoms with van der Waals surface area (Å²) in [6.07, 6.45) is 1.29. The number of carboxylic acids is 1. The van der Waals surface area contributed by atoms with Crippen LogP contribution in [0.15, 0.2) is 6.20 Å². The van der Waals surface area contributed by atoms with Gasteiger partial charge in [-0.3, -0.25) is 5.10 Å². The fourth-order valence-corrected chi connectivity index (χ4v) is 1.48. The van der Waals surface area contributed by atoms with Gasteiger partial charge in [0.25, 0.3) is 0 Å². The lowest BCUT2D eigenvalue weighted by atomic mass is 10.1. The lowest BCUT2D eigenvalue weighted by molar-refractivity contribution is 0.0263. The number of hydrogen-bond donors (Lipinski definition) is 3. The molecule has 0 aromatic carbocycles. The lowest BCUT2D eigenvalue weighted by Gasteiger charge is -2.22. The Kier molecular flexibility index (Phi) is 2.47. The van der Waals surface area contributed by atoms with Crippen molar-refractivity contribution in [1.82, 2.24) is 15.5 Å². The second-order valence-electron chi connectivity index (χ2n) is 3.07. The fraction of sp³-hybridized carbons (Fsp3) is 0.500. The lowest BCUT2D eigenvalue weighted by Crippen LogP contribution is -2.33. The second kappa shape index (κ2) is 3.77. The first-order valence-electron chi connectivity index (χ1n) is 4.38. The van der Waals surface area contributed by atoms with E-state index in [1.807, 2.05) is 0 Å². The van der Waals surface area contributed by atoms with Crippen LogP contribution in [-0.2, 0) is 4.74 Å². The third-order valence-corrected chi connectivity index (χ3v) is 2.16. The number of H-pyrrole nitrogens is 1. The van der Waals surface area contributed by atoms with Crippen LogP contribution >= 0.6 is 0 Å². The molecule has 0 aliphatic carbocycles. The molecule has 2 heterocycles. The SMILES string of the molecule is O=C(O)c1[nH]ncc1C1CNCCO1. The van der Waals surface area contributed by atoms with Gasteiger partial charge in [0.05, 0.1) is 18.9 Å². The van der Waals surface area contributed by atoms with E-state index in [2.05, 4.69) is 15.5 Å². The van der Waals surface area contributed by atoms with Gasteiger partial charge in [-0.2, -0.15) is 5.10 Å². The van der Waals surface area contributed by atoms with Gasteiger partial charge in [0.2, 0.25) is 0 Å². The van der Waals surface area contributed by atoms with Crippen molar-refractivity contribution in [2.75, 3.05) is 19.7 Å². The Hall–Kier alpha value is -1.40. The van der Waals surface area contributed by atoms with Gasteiger partial charge >= 0.3 is 5.97 Å². The predicted molar refractivity (Wildman–Crippen MR) is 47.1 cm³/mol. The van der Waals surface area contributed by atoms with E-state index in [1.165, 1.54) is 6.20 Å². The molecule has 6 heteroatoms. The summed E-state index contributed by atoms with van der Waals surface area (Å²) in [5.74, 6) is -1.01. The van der Waals surface area contributed by atoms with Crippen molar-refractivity contribution in [3.63, 3.8) is 0 Å². The van der Waals surface area contributed by atoms with Gasteiger partial charge in [0.15, 0.2) is 0 Å². The molecule has 0 spiro atoms. The Labute approximate surface area is 80.3 Å². The molecule has 6 nitrogen and oxygen atoms in total. The van der Waals surface area contributed by atoms with Gasteiger partial charge in [-0.25, -0.2) is 4.79 Å². The van der Waals surface area contributed by atoms with Crippen molar-refractivity contribution in [2.45, 2.75) is 6.10 Å². The Balaban J connectivity index is 2.21. The van der Waals surface area contributed by atoms with Gasteiger partial charge in [-0.15, -0.1) is 0 Å². The largest absolute Gasteiger partial charge is 0.477 e. The van der Waals surface area contributed by atoms with Crippen LogP contribution in [0.2, 0.25) is 0 Å². The van der Waals surface area contributed by atoms with Crippen LogP contribution in [0.25, 0.3) is 0 Å². The monoisotopic (exact) mass is 197 g/mol. The summed E-state index contributed by atoms with van der Waals surface area (Å²) < 4.78 is 5.43. The molecule has 76 valence electrons. The highest BCUT2D eigenvalue weighted by Gasteiger charge is 2.23. The van der Waals surface area contributed by atoms with Gasteiger partial charge in [-0.05, 0) is 0 Å². The number of aromatic carboxylic acids is 1. The van der Waals surface area contributed by atoms with E-state index in [1.54, 1.807) is 0 Å². The zero-order valence-electron chi connectivity index (χ0n) is 7.49. The van der Waals surface area contributed by atoms with Crippen LogP contribution in [0.3, 0.4) is 0 Å². The number of carboxylic acid groups (broad SMARTS) is 1. The fourth-order valence-electron chi connectivity index (χ4n) is 1.48. The second-order valence-corrected chi connectivity index (χ2v) is 3.07. The van der Waals surface area contributed by atoms with E-state index in [0.717, 1.165) is 6.54 Å². The van der Waals surface area contributed by atoms with Crippen LogP contribution in [0.1, 0.15) is 22.2 Å². The predicted octanol–water partition coefficient (Wildman–Crippen LogP) is -0.231. The van der Waals surface area contributed by atoms with Crippen LogP contribution in [0, 0.1) is 0 Å². The maximum absolute atomic E-state index is 10.8. The first-order chi connectivity index (χ1) is 6.79. The number of hydrogen-bond acceptors (Lipinski definition) is 4. The van der Waals surface area contributed by atoms with Crippen molar-refractivity contribution in [3.8, 4) is 0 Å². The van der Waals surface area contributed by atoms with Crippen molar-refractivity contribution in [3.05, 3.63) is 17.5 Å². The molecule has 1 aliphatic heterocycles. The van der Waals surface area contributed by atoms with E-state index in [4.69, 9.17) is 9.84 Å². The van der Waals surface area contributed by atoms with Gasteiger partial charge < -0.3 is 15.2 Å². The Bertz CT molecular complexity index is 330. The molecular formula is C8H11N3O3. The number of morpholine rings is 1. The highest BCUT2D eigenvalue weighted by atomic mass is 16.5. The summed E-state index contributed by atoms with van der Waals surface area (Å²) in [4.78, 5) is 10.8. The van der Waals surface area contributed by atoms with E-state index in [9.17, 15) is 4.79 Å². The number of aromatic nitrogens is 2. The number of ether oxygens (including phenoxy) is 1. The zero-order chi connectivity index (χ0) is 9.97. The third-order valence-electron chi connectivity index (χ3n) is 2.16. The highest BCUT2D eigenvalue weighted by molar-refractivity contribution is 5.87. The number of carbonyl (C=O) groups is 1. The number of nitrogens with zero attached hydrogens (tertiary/aromatic N) is 1. The summed E-state index contributed by atoms with van der Waals surface area (Å²) >= 11 is 0. The molecule has 0 radical (unpaired) electrons. The first-order valence-corrected chi connectivity index (χ1v) is 4.38. The topological polar surface area (TPSA) is 87.2 Å². The molecule has 0 saturated carbocycles. The van der Waals surface area contributed by atoms with E-state index in [0.29, 0.717) is 18.7 Å². The molecule has 0 amide bonds. The Morgan fingerprint density at radius 2 is 2.57 bits per heavy atom. The summed E-state index contributed by atoms with van der Waals surface area (Å²) in [6, 6.07) is 0.